The Labute approximate surface area is 108 Å². The predicted molar refractivity (Wildman–Crippen MR) is 70.2 cm³/mol. The van der Waals surface area contributed by atoms with E-state index >= 15 is 0 Å². The van der Waals surface area contributed by atoms with Crippen LogP contribution in [0.3, 0.4) is 0 Å². The first kappa shape index (κ1) is 16.3. The molecule has 0 saturated heterocycles. The van der Waals surface area contributed by atoms with E-state index < -0.39 is 6.08 Å². The minimum absolute atomic E-state index is 0.163. The predicted octanol–water partition coefficient (Wildman–Crippen LogP) is 3.97. The van der Waals surface area contributed by atoms with Crippen molar-refractivity contribution in [3.63, 3.8) is 0 Å². The Morgan fingerprint density at radius 2 is 1.76 bits per heavy atom. The fourth-order valence-electron chi connectivity index (χ4n) is 1.32. The number of thiocarbonyl (C=S) groups is 1. The number of hydrogen-bond acceptors (Lipinski definition) is 2. The largest absolute Gasteiger partial charge is 0.471 e. The molecule has 2 nitrogen and oxygen atoms in total. The highest BCUT2D eigenvalue weighted by Gasteiger charge is 2.05. The third kappa shape index (κ3) is 7.26. The third-order valence-corrected chi connectivity index (χ3v) is 2.89. The minimum atomic E-state index is -1.57. The van der Waals surface area contributed by atoms with Crippen molar-refractivity contribution in [1.29, 1.82) is 0 Å². The van der Waals surface area contributed by atoms with Gasteiger partial charge < -0.3 is 9.64 Å². The molecular formula is C12H21F2NOS. The summed E-state index contributed by atoms with van der Waals surface area (Å²) in [5.41, 5.74) is 0.163. The molecule has 0 aliphatic rings. The van der Waals surface area contributed by atoms with Crippen LogP contribution in [0, 0.1) is 0 Å². The van der Waals surface area contributed by atoms with E-state index in [1.165, 1.54) is 6.92 Å². The molecule has 0 rings (SSSR count). The van der Waals surface area contributed by atoms with E-state index in [4.69, 9.17) is 17.0 Å². The van der Waals surface area contributed by atoms with Crippen LogP contribution in [0.5, 0.6) is 0 Å². The lowest BCUT2D eigenvalue weighted by Gasteiger charge is -2.21. The second kappa shape index (κ2) is 9.33. The molecule has 0 N–H and O–H groups in total. The second-order valence-electron chi connectivity index (χ2n) is 3.78. The number of nitrogens with zero attached hydrogens (tertiary/aromatic N) is 1. The van der Waals surface area contributed by atoms with E-state index in [-0.39, 0.29) is 5.57 Å². The van der Waals surface area contributed by atoms with Crippen LogP contribution in [0.2, 0.25) is 0 Å². The molecule has 0 radical (unpaired) electrons. The number of hydrogen-bond donors (Lipinski definition) is 0. The van der Waals surface area contributed by atoms with Crippen molar-refractivity contribution in [2.75, 3.05) is 19.7 Å². The van der Waals surface area contributed by atoms with Gasteiger partial charge in [-0.05, 0) is 57.8 Å². The van der Waals surface area contributed by atoms with Crippen LogP contribution < -0.4 is 0 Å². The van der Waals surface area contributed by atoms with Crippen molar-refractivity contribution in [2.24, 2.45) is 0 Å². The van der Waals surface area contributed by atoms with Crippen molar-refractivity contribution in [3.05, 3.63) is 11.7 Å². The fraction of sp³-hybridized carbons (Fsp3) is 0.750. The Hall–Kier alpha value is -0.710. The van der Waals surface area contributed by atoms with Gasteiger partial charge in [0.1, 0.15) is 0 Å². The van der Waals surface area contributed by atoms with Crippen molar-refractivity contribution in [3.8, 4) is 0 Å². The zero-order valence-electron chi connectivity index (χ0n) is 10.8. The maximum Gasteiger partial charge on any atom is 0.269 e. The van der Waals surface area contributed by atoms with Gasteiger partial charge in [0.15, 0.2) is 0 Å². The van der Waals surface area contributed by atoms with Crippen LogP contribution in [0.1, 0.15) is 40.0 Å². The molecule has 0 aliphatic carbocycles. The molecule has 0 fully saturated rings. The molecule has 0 aromatic rings. The second-order valence-corrected chi connectivity index (χ2v) is 4.13. The van der Waals surface area contributed by atoms with Crippen LogP contribution in [-0.2, 0) is 4.74 Å². The zero-order valence-corrected chi connectivity index (χ0v) is 11.6. The first-order valence-electron chi connectivity index (χ1n) is 5.95. The van der Waals surface area contributed by atoms with E-state index in [1.807, 2.05) is 18.7 Å². The van der Waals surface area contributed by atoms with Gasteiger partial charge in [0.25, 0.3) is 11.3 Å². The van der Waals surface area contributed by atoms with Gasteiger partial charge in [-0.25, -0.2) is 0 Å². The number of rotatable bonds is 7. The monoisotopic (exact) mass is 265 g/mol. The minimum Gasteiger partial charge on any atom is -0.471 e. The summed E-state index contributed by atoms with van der Waals surface area (Å²) < 4.78 is 29.6. The lowest BCUT2D eigenvalue weighted by molar-refractivity contribution is 0.242. The highest BCUT2D eigenvalue weighted by atomic mass is 32.1. The Morgan fingerprint density at radius 1 is 1.18 bits per heavy atom. The molecule has 0 bridgehead atoms. The molecule has 0 aromatic carbocycles. The van der Waals surface area contributed by atoms with Gasteiger partial charge >= 0.3 is 0 Å². The summed E-state index contributed by atoms with van der Waals surface area (Å²) in [6.07, 6.45) is 0.296. The van der Waals surface area contributed by atoms with Gasteiger partial charge in [0, 0.05) is 13.1 Å². The molecule has 0 atom stereocenters. The van der Waals surface area contributed by atoms with Gasteiger partial charge in [0.2, 0.25) is 0 Å². The van der Waals surface area contributed by atoms with Crippen molar-refractivity contribution in [1.82, 2.24) is 4.90 Å². The van der Waals surface area contributed by atoms with E-state index in [0.29, 0.717) is 24.6 Å². The Morgan fingerprint density at radius 3 is 2.24 bits per heavy atom. The number of halogens is 2. The maximum absolute atomic E-state index is 12.1. The summed E-state index contributed by atoms with van der Waals surface area (Å²) in [7, 11) is 0. The summed E-state index contributed by atoms with van der Waals surface area (Å²) in [4.78, 5) is 1.95. The molecule has 0 aliphatic heterocycles. The normalized spacial score (nSPS) is 9.94. The molecule has 5 heteroatoms. The van der Waals surface area contributed by atoms with Crippen LogP contribution in [0.25, 0.3) is 0 Å². The Balaban J connectivity index is 3.65. The standard InChI is InChI=1S/C12H21F2NOS/c1-4-15(5-2)12(17)16-9-7-6-8-10(3)11(13)14/h4-9H2,1-3H3. The van der Waals surface area contributed by atoms with Gasteiger partial charge in [-0.1, -0.05) is 0 Å². The summed E-state index contributed by atoms with van der Waals surface area (Å²) in [6, 6.07) is 0. The average Bonchev–Trinajstić information content (AvgIpc) is 2.29. The number of unbranched alkanes of at least 4 members (excludes halogenated alkanes) is 1. The molecule has 0 heterocycles. The molecule has 100 valence electrons. The molecule has 0 unspecified atom stereocenters. The quantitative estimate of drug-likeness (QED) is 0.510. The van der Waals surface area contributed by atoms with Crippen LogP contribution >= 0.6 is 12.2 Å². The van der Waals surface area contributed by atoms with Crippen LogP contribution in [-0.4, -0.2) is 29.8 Å². The lowest BCUT2D eigenvalue weighted by atomic mass is 10.1. The summed E-state index contributed by atoms with van der Waals surface area (Å²) >= 11 is 5.09. The smallest absolute Gasteiger partial charge is 0.269 e. The fourth-order valence-corrected chi connectivity index (χ4v) is 1.66. The van der Waals surface area contributed by atoms with Gasteiger partial charge in [-0.15, -0.1) is 0 Å². The first-order valence-corrected chi connectivity index (χ1v) is 6.36. The summed E-state index contributed by atoms with van der Waals surface area (Å²) in [5, 5.41) is 0.499. The SMILES string of the molecule is CCN(CC)C(=S)OCCCCC(C)=C(F)F. The molecule has 0 amide bonds. The lowest BCUT2D eigenvalue weighted by Crippen LogP contribution is -2.31. The maximum atomic E-state index is 12.1. The van der Waals surface area contributed by atoms with Crippen molar-refractivity contribution < 1.29 is 13.5 Å². The first-order chi connectivity index (χ1) is 8.02. The average molecular weight is 265 g/mol. The molecule has 0 saturated carbocycles. The molecular weight excluding hydrogens is 244 g/mol. The van der Waals surface area contributed by atoms with E-state index in [9.17, 15) is 8.78 Å². The van der Waals surface area contributed by atoms with Gasteiger partial charge in [-0.2, -0.15) is 8.78 Å². The highest BCUT2D eigenvalue weighted by molar-refractivity contribution is 7.80. The highest BCUT2D eigenvalue weighted by Crippen LogP contribution is 2.13. The summed E-state index contributed by atoms with van der Waals surface area (Å²) in [6.45, 7) is 7.62. The van der Waals surface area contributed by atoms with Crippen LogP contribution in [0.4, 0.5) is 8.78 Å². The van der Waals surface area contributed by atoms with Crippen molar-refractivity contribution >= 4 is 17.4 Å². The zero-order chi connectivity index (χ0) is 13.3. The van der Waals surface area contributed by atoms with E-state index in [1.54, 1.807) is 0 Å². The Bertz CT molecular complexity index is 261. The van der Waals surface area contributed by atoms with Crippen molar-refractivity contribution in [2.45, 2.75) is 40.0 Å². The molecule has 0 aromatic heterocycles. The number of allylic oxidation sites excluding steroid dienone is 1. The molecule has 17 heavy (non-hydrogen) atoms. The van der Waals surface area contributed by atoms with Gasteiger partial charge in [-0.3, -0.25) is 0 Å². The summed E-state index contributed by atoms with van der Waals surface area (Å²) in [5.74, 6) is 0. The van der Waals surface area contributed by atoms with Gasteiger partial charge in [0.05, 0.1) is 6.61 Å². The Kier molecular flexibility index (Phi) is 8.94. The molecule has 0 spiro atoms. The third-order valence-electron chi connectivity index (χ3n) is 2.52. The number of ether oxygens (including phenoxy) is 1. The van der Waals surface area contributed by atoms with Crippen LogP contribution in [0.15, 0.2) is 11.7 Å². The van der Waals surface area contributed by atoms with E-state index in [2.05, 4.69) is 0 Å². The topological polar surface area (TPSA) is 12.5 Å². The van der Waals surface area contributed by atoms with E-state index in [0.717, 1.165) is 19.5 Å².